The number of carbonyl (C=O) groups excluding carboxylic acids is 3. The van der Waals surface area contributed by atoms with Crippen molar-refractivity contribution >= 4 is 17.7 Å². The third kappa shape index (κ3) is 6.09. The summed E-state index contributed by atoms with van der Waals surface area (Å²) in [4.78, 5) is 40.0. The van der Waals surface area contributed by atoms with Crippen LogP contribution >= 0.6 is 0 Å². The van der Waals surface area contributed by atoms with E-state index in [4.69, 9.17) is 0 Å². The minimum atomic E-state index is -4.89. The Bertz CT molecular complexity index is 1300. The van der Waals surface area contributed by atoms with Gasteiger partial charge in [-0.25, -0.2) is 9.07 Å². The van der Waals surface area contributed by atoms with Crippen molar-refractivity contribution in [3.8, 4) is 5.69 Å². The van der Waals surface area contributed by atoms with E-state index in [0.717, 1.165) is 41.1 Å². The topological polar surface area (TPSA) is 84.3 Å². The Morgan fingerprint density at radius 3 is 2.26 bits per heavy atom. The highest BCUT2D eigenvalue weighted by Crippen LogP contribution is 2.31. The Labute approximate surface area is 216 Å². The van der Waals surface area contributed by atoms with E-state index in [0.29, 0.717) is 18.5 Å². The lowest BCUT2D eigenvalue weighted by Gasteiger charge is -2.28. The summed E-state index contributed by atoms with van der Waals surface area (Å²) < 4.78 is 56.2. The second-order valence-electron chi connectivity index (χ2n) is 9.03. The molecule has 1 fully saturated rings. The SMILES string of the molecule is O=C(NCCN(C(=O)c1ccccc1F)C(=O)C1CCCCC1)c1cn(-c2ccccc2)nc1C(F)(F)F. The first-order valence-corrected chi connectivity index (χ1v) is 12.3. The van der Waals surface area contributed by atoms with Crippen LogP contribution in [-0.2, 0) is 11.0 Å². The highest BCUT2D eigenvalue weighted by Gasteiger charge is 2.39. The average Bonchev–Trinajstić information content (AvgIpc) is 3.38. The maximum atomic E-state index is 14.3. The van der Waals surface area contributed by atoms with E-state index in [2.05, 4.69) is 10.4 Å². The van der Waals surface area contributed by atoms with Gasteiger partial charge in [0.25, 0.3) is 11.8 Å². The monoisotopic (exact) mass is 530 g/mol. The molecule has 11 heteroatoms. The number of para-hydroxylation sites is 1. The molecule has 0 atom stereocenters. The number of imide groups is 1. The molecule has 0 aliphatic heterocycles. The molecule has 200 valence electrons. The molecule has 1 saturated carbocycles. The van der Waals surface area contributed by atoms with Crippen molar-refractivity contribution in [2.24, 2.45) is 5.92 Å². The molecular weight excluding hydrogens is 504 g/mol. The van der Waals surface area contributed by atoms with Crippen LogP contribution in [0.15, 0.2) is 60.8 Å². The molecule has 0 saturated heterocycles. The number of rotatable bonds is 7. The molecule has 0 unspecified atom stereocenters. The number of benzene rings is 2. The van der Waals surface area contributed by atoms with Gasteiger partial charge in [0, 0.05) is 25.2 Å². The second kappa shape index (κ2) is 11.6. The Kier molecular flexibility index (Phi) is 8.23. The lowest BCUT2D eigenvalue weighted by molar-refractivity contribution is -0.141. The highest BCUT2D eigenvalue weighted by molar-refractivity contribution is 6.05. The maximum Gasteiger partial charge on any atom is 0.435 e. The van der Waals surface area contributed by atoms with Gasteiger partial charge < -0.3 is 5.32 Å². The summed E-state index contributed by atoms with van der Waals surface area (Å²) in [5.41, 5.74) is -2.04. The van der Waals surface area contributed by atoms with Crippen LogP contribution in [0.3, 0.4) is 0 Å². The maximum absolute atomic E-state index is 14.3. The molecule has 2 aromatic carbocycles. The van der Waals surface area contributed by atoms with Crippen molar-refractivity contribution in [2.45, 2.75) is 38.3 Å². The minimum Gasteiger partial charge on any atom is -0.350 e. The van der Waals surface area contributed by atoms with Gasteiger partial charge in [-0.2, -0.15) is 18.3 Å². The van der Waals surface area contributed by atoms with E-state index in [-0.39, 0.29) is 18.7 Å². The Hall–Kier alpha value is -4.02. The zero-order chi connectivity index (χ0) is 27.3. The number of aromatic nitrogens is 2. The normalized spacial score (nSPS) is 14.2. The molecule has 1 N–H and O–H groups in total. The highest BCUT2D eigenvalue weighted by atomic mass is 19.4. The quantitative estimate of drug-likeness (QED) is 0.344. The molecule has 1 heterocycles. The van der Waals surface area contributed by atoms with Gasteiger partial charge in [-0.1, -0.05) is 49.6 Å². The van der Waals surface area contributed by atoms with E-state index >= 15 is 0 Å². The summed E-state index contributed by atoms with van der Waals surface area (Å²) >= 11 is 0. The predicted octanol–water partition coefficient (Wildman–Crippen LogP) is 5.01. The van der Waals surface area contributed by atoms with Crippen LogP contribution in [0.1, 0.15) is 58.5 Å². The zero-order valence-corrected chi connectivity index (χ0v) is 20.4. The number of alkyl halides is 3. The third-order valence-electron chi connectivity index (χ3n) is 6.44. The molecular formula is C27H26F4N4O3. The van der Waals surface area contributed by atoms with Gasteiger partial charge in [0.05, 0.1) is 16.8 Å². The van der Waals surface area contributed by atoms with Crippen molar-refractivity contribution in [2.75, 3.05) is 13.1 Å². The first-order valence-electron chi connectivity index (χ1n) is 12.3. The fraction of sp³-hybridized carbons (Fsp3) is 0.333. The van der Waals surface area contributed by atoms with E-state index in [1.54, 1.807) is 18.2 Å². The standard InChI is InChI=1S/C27H26F4N4O3/c28-22-14-8-7-13-20(22)26(38)34(25(37)18-9-3-1-4-10-18)16-15-32-24(36)21-17-35(19-11-5-2-6-12-19)33-23(21)27(29,30)31/h2,5-8,11-14,17-18H,1,3-4,9-10,15-16H2,(H,32,36). The fourth-order valence-corrected chi connectivity index (χ4v) is 4.50. The van der Waals surface area contributed by atoms with Gasteiger partial charge in [-0.3, -0.25) is 19.3 Å². The van der Waals surface area contributed by atoms with Gasteiger partial charge in [0.2, 0.25) is 5.91 Å². The summed E-state index contributed by atoms with van der Waals surface area (Å²) in [6.45, 7) is -0.659. The molecule has 1 aromatic heterocycles. The smallest absolute Gasteiger partial charge is 0.350 e. The number of halogens is 4. The molecule has 0 spiro atoms. The number of nitrogens with one attached hydrogen (secondary N) is 1. The molecule has 7 nitrogen and oxygen atoms in total. The van der Waals surface area contributed by atoms with Crippen LogP contribution in [-0.4, -0.2) is 45.5 Å². The largest absolute Gasteiger partial charge is 0.435 e. The summed E-state index contributed by atoms with van der Waals surface area (Å²) in [5.74, 6) is -3.63. The first kappa shape index (κ1) is 27.0. The molecule has 1 aliphatic rings. The van der Waals surface area contributed by atoms with Gasteiger partial charge in [-0.15, -0.1) is 0 Å². The number of hydrogen-bond acceptors (Lipinski definition) is 4. The minimum absolute atomic E-state index is 0.300. The van der Waals surface area contributed by atoms with E-state index < -0.39 is 46.9 Å². The van der Waals surface area contributed by atoms with Crippen molar-refractivity contribution in [3.63, 3.8) is 0 Å². The molecule has 3 amide bonds. The Balaban J connectivity index is 1.53. The van der Waals surface area contributed by atoms with Gasteiger partial charge in [0.15, 0.2) is 5.69 Å². The van der Waals surface area contributed by atoms with Crippen molar-refractivity contribution < 1.29 is 31.9 Å². The molecule has 4 rings (SSSR count). The summed E-state index contributed by atoms with van der Waals surface area (Å²) in [7, 11) is 0. The predicted molar refractivity (Wildman–Crippen MR) is 130 cm³/mol. The van der Waals surface area contributed by atoms with Crippen molar-refractivity contribution in [1.29, 1.82) is 0 Å². The molecule has 0 bridgehead atoms. The van der Waals surface area contributed by atoms with Gasteiger partial charge >= 0.3 is 6.18 Å². The Morgan fingerprint density at radius 2 is 1.61 bits per heavy atom. The van der Waals surface area contributed by atoms with Gasteiger partial charge in [0.1, 0.15) is 5.82 Å². The lowest BCUT2D eigenvalue weighted by Crippen LogP contribution is -2.45. The van der Waals surface area contributed by atoms with Crippen LogP contribution in [0.25, 0.3) is 5.69 Å². The average molecular weight is 531 g/mol. The fourth-order valence-electron chi connectivity index (χ4n) is 4.50. The Morgan fingerprint density at radius 1 is 0.947 bits per heavy atom. The number of amides is 3. The number of carbonyl (C=O) groups is 3. The van der Waals surface area contributed by atoms with Crippen LogP contribution in [0.5, 0.6) is 0 Å². The van der Waals surface area contributed by atoms with Crippen molar-refractivity contribution in [3.05, 3.63) is 83.4 Å². The second-order valence-corrected chi connectivity index (χ2v) is 9.03. The first-order chi connectivity index (χ1) is 18.2. The van der Waals surface area contributed by atoms with Crippen molar-refractivity contribution in [1.82, 2.24) is 20.0 Å². The molecule has 3 aromatic rings. The molecule has 1 aliphatic carbocycles. The number of nitrogens with zero attached hydrogens (tertiary/aromatic N) is 3. The lowest BCUT2D eigenvalue weighted by atomic mass is 9.88. The van der Waals surface area contributed by atoms with Crippen LogP contribution in [0.2, 0.25) is 0 Å². The third-order valence-corrected chi connectivity index (χ3v) is 6.44. The van der Waals surface area contributed by atoms with E-state index in [9.17, 15) is 31.9 Å². The van der Waals surface area contributed by atoms with Crippen LogP contribution in [0.4, 0.5) is 17.6 Å². The molecule has 38 heavy (non-hydrogen) atoms. The van der Waals surface area contributed by atoms with E-state index in [1.165, 1.54) is 30.3 Å². The van der Waals surface area contributed by atoms with Crippen LogP contribution < -0.4 is 5.32 Å². The summed E-state index contributed by atoms with van der Waals surface area (Å²) in [6, 6.07) is 13.2. The molecule has 0 radical (unpaired) electrons. The summed E-state index contributed by atoms with van der Waals surface area (Å²) in [6.07, 6.45) is -0.139. The number of hydrogen-bond donors (Lipinski definition) is 1. The van der Waals surface area contributed by atoms with Crippen LogP contribution in [0, 0.1) is 11.7 Å². The van der Waals surface area contributed by atoms with Gasteiger partial charge in [-0.05, 0) is 37.1 Å². The zero-order valence-electron chi connectivity index (χ0n) is 20.4. The van der Waals surface area contributed by atoms with E-state index in [1.807, 2.05) is 0 Å². The summed E-state index contributed by atoms with van der Waals surface area (Å²) in [5, 5.41) is 5.91.